The van der Waals surface area contributed by atoms with Crippen LogP contribution in [0.4, 0.5) is 0 Å². The molecule has 0 spiro atoms. The van der Waals surface area contributed by atoms with Gasteiger partial charge in [0.2, 0.25) is 0 Å². The Kier molecular flexibility index (Phi) is 26.3. The molecule has 0 aliphatic carbocycles. The van der Waals surface area contributed by atoms with Gasteiger partial charge in [0.15, 0.2) is 0 Å². The molecule has 0 heterocycles. The van der Waals surface area contributed by atoms with Crippen LogP contribution >= 0.6 is 0 Å². The normalized spacial score (nSPS) is 9.20. The monoisotopic (exact) mass is 220 g/mol. The number of aliphatic hydroxyl groups excluding tert-OH is 1. The maximum Gasteiger partial charge on any atom is 0.0319 e. The van der Waals surface area contributed by atoms with Crippen molar-refractivity contribution in [3.05, 3.63) is 0 Å². The molecule has 0 aromatic carbocycles. The van der Waals surface area contributed by atoms with Crippen LogP contribution in [0, 0.1) is 0 Å². The molecule has 0 unspecified atom stereocenters. The second kappa shape index (κ2) is 19.5. The fourth-order valence-corrected chi connectivity index (χ4v) is 0.529. The number of likely N-dealkylation sites (N-methyl/N-ethyl adjacent to an activating group) is 2. The van der Waals surface area contributed by atoms with Crippen LogP contribution in [0.2, 0.25) is 0 Å². The van der Waals surface area contributed by atoms with E-state index in [1.807, 2.05) is 0 Å². The van der Waals surface area contributed by atoms with Gasteiger partial charge in [-0.25, -0.2) is 0 Å². The minimum absolute atomic E-state index is 1.00. The van der Waals surface area contributed by atoms with E-state index < -0.39 is 0 Å². The van der Waals surface area contributed by atoms with E-state index >= 15 is 0 Å². The van der Waals surface area contributed by atoms with Crippen molar-refractivity contribution < 1.29 is 5.11 Å². The van der Waals surface area contributed by atoms with Crippen molar-refractivity contribution in [1.82, 2.24) is 9.80 Å². The first-order valence-electron chi connectivity index (χ1n) is 5.86. The van der Waals surface area contributed by atoms with Gasteiger partial charge in [0, 0.05) is 20.2 Å². The largest absolute Gasteiger partial charge is 0.400 e. The number of nitrogens with zero attached hydrogens (tertiary/aromatic N) is 2. The van der Waals surface area contributed by atoms with E-state index in [9.17, 15) is 0 Å². The molecule has 15 heavy (non-hydrogen) atoms. The Hall–Kier alpha value is -0.120. The lowest BCUT2D eigenvalue weighted by molar-refractivity contribution is 0.292. The van der Waals surface area contributed by atoms with Gasteiger partial charge in [-0.3, -0.25) is 0 Å². The maximum atomic E-state index is 7.00. The van der Waals surface area contributed by atoms with Gasteiger partial charge < -0.3 is 14.9 Å². The van der Waals surface area contributed by atoms with Crippen LogP contribution in [0.15, 0.2) is 0 Å². The molecular weight excluding hydrogens is 188 g/mol. The van der Waals surface area contributed by atoms with E-state index in [2.05, 4.69) is 51.7 Å². The standard InChI is InChI=1S/C7H18N2.C4H10.CH4O/c1-5-9(4)7-6-8(2)3;1-3-4-2;1-2/h5-7H2,1-4H3;3-4H2,1-2H3;2H,1H3. The van der Waals surface area contributed by atoms with E-state index in [0.29, 0.717) is 0 Å². The van der Waals surface area contributed by atoms with E-state index in [0.717, 1.165) is 20.2 Å². The summed E-state index contributed by atoms with van der Waals surface area (Å²) in [6, 6.07) is 0. The Bertz CT molecular complexity index is 85.7. The second-order valence-electron chi connectivity index (χ2n) is 3.70. The molecule has 0 aromatic heterocycles. The Morgan fingerprint density at radius 1 is 0.800 bits per heavy atom. The van der Waals surface area contributed by atoms with Crippen LogP contribution in [0.25, 0.3) is 0 Å². The van der Waals surface area contributed by atoms with Crippen molar-refractivity contribution in [2.45, 2.75) is 33.6 Å². The van der Waals surface area contributed by atoms with Crippen molar-refractivity contribution in [3.63, 3.8) is 0 Å². The van der Waals surface area contributed by atoms with Crippen molar-refractivity contribution >= 4 is 0 Å². The van der Waals surface area contributed by atoms with Crippen LogP contribution < -0.4 is 0 Å². The smallest absolute Gasteiger partial charge is 0.0319 e. The molecule has 0 rings (SSSR count). The van der Waals surface area contributed by atoms with Crippen molar-refractivity contribution in [3.8, 4) is 0 Å². The second-order valence-corrected chi connectivity index (χ2v) is 3.70. The lowest BCUT2D eigenvalue weighted by atomic mass is 10.4. The summed E-state index contributed by atoms with van der Waals surface area (Å²) in [7, 11) is 7.34. The fraction of sp³-hybridized carbons (Fsp3) is 1.00. The SMILES string of the molecule is CCCC.CCN(C)CCN(C)C.CO. The molecule has 0 atom stereocenters. The van der Waals surface area contributed by atoms with Gasteiger partial charge in [0.05, 0.1) is 0 Å². The number of rotatable bonds is 5. The number of aliphatic hydroxyl groups is 1. The molecule has 3 heteroatoms. The highest BCUT2D eigenvalue weighted by Crippen LogP contribution is 1.81. The molecule has 0 radical (unpaired) electrons. The fourth-order valence-electron chi connectivity index (χ4n) is 0.529. The highest BCUT2D eigenvalue weighted by Gasteiger charge is 1.93. The van der Waals surface area contributed by atoms with E-state index in [1.54, 1.807) is 0 Å². The molecule has 0 aliphatic heterocycles. The van der Waals surface area contributed by atoms with Gasteiger partial charge >= 0.3 is 0 Å². The minimum Gasteiger partial charge on any atom is -0.400 e. The Labute approximate surface area is 97.1 Å². The molecule has 1 N–H and O–H groups in total. The van der Waals surface area contributed by atoms with Crippen LogP contribution in [-0.2, 0) is 0 Å². The Morgan fingerprint density at radius 3 is 1.40 bits per heavy atom. The first kappa shape index (κ1) is 20.3. The lowest BCUT2D eigenvalue weighted by Crippen LogP contribution is -2.28. The van der Waals surface area contributed by atoms with Crippen molar-refractivity contribution in [2.75, 3.05) is 47.9 Å². The van der Waals surface area contributed by atoms with Gasteiger partial charge in [0.25, 0.3) is 0 Å². The van der Waals surface area contributed by atoms with Crippen LogP contribution in [0.5, 0.6) is 0 Å². The molecule has 0 saturated heterocycles. The lowest BCUT2D eigenvalue weighted by Gasteiger charge is -2.16. The summed E-state index contributed by atoms with van der Waals surface area (Å²) in [4.78, 5) is 4.51. The summed E-state index contributed by atoms with van der Waals surface area (Å²) < 4.78 is 0. The molecule has 0 aliphatic rings. The predicted octanol–water partition coefficient (Wildman–Crippen LogP) is 1.91. The van der Waals surface area contributed by atoms with E-state index in [1.165, 1.54) is 19.4 Å². The third-order valence-electron chi connectivity index (χ3n) is 1.97. The number of hydrogen-bond donors (Lipinski definition) is 1. The number of hydrogen-bond acceptors (Lipinski definition) is 3. The van der Waals surface area contributed by atoms with E-state index in [4.69, 9.17) is 5.11 Å². The van der Waals surface area contributed by atoms with Crippen LogP contribution in [0.1, 0.15) is 33.6 Å². The third-order valence-corrected chi connectivity index (χ3v) is 1.97. The molecule has 0 aromatic rings. The molecule has 0 amide bonds. The van der Waals surface area contributed by atoms with Crippen LogP contribution in [0.3, 0.4) is 0 Å². The topological polar surface area (TPSA) is 26.7 Å². The van der Waals surface area contributed by atoms with Gasteiger partial charge in [-0.05, 0) is 27.7 Å². The maximum absolute atomic E-state index is 7.00. The van der Waals surface area contributed by atoms with Gasteiger partial charge in [-0.1, -0.05) is 33.6 Å². The average Bonchev–Trinajstić information content (AvgIpc) is 2.28. The summed E-state index contributed by atoms with van der Waals surface area (Å²) in [6.45, 7) is 10.0. The highest BCUT2D eigenvalue weighted by molar-refractivity contribution is 4.49. The highest BCUT2D eigenvalue weighted by atomic mass is 16.2. The van der Waals surface area contributed by atoms with Gasteiger partial charge in [0.1, 0.15) is 0 Å². The van der Waals surface area contributed by atoms with Crippen molar-refractivity contribution in [1.29, 1.82) is 0 Å². The summed E-state index contributed by atoms with van der Waals surface area (Å²) in [5.41, 5.74) is 0. The van der Waals surface area contributed by atoms with E-state index in [-0.39, 0.29) is 0 Å². The molecule has 96 valence electrons. The zero-order valence-corrected chi connectivity index (χ0v) is 11.9. The molecule has 0 bridgehead atoms. The van der Waals surface area contributed by atoms with Gasteiger partial charge in [-0.15, -0.1) is 0 Å². The third kappa shape index (κ3) is 31.5. The average molecular weight is 220 g/mol. The summed E-state index contributed by atoms with van der Waals surface area (Å²) >= 11 is 0. The molecule has 0 fully saturated rings. The zero-order chi connectivity index (χ0) is 12.7. The first-order chi connectivity index (χ1) is 7.08. The predicted molar refractivity (Wildman–Crippen MR) is 70.4 cm³/mol. The Balaban J connectivity index is -0.000000202. The number of unbranched alkanes of at least 4 members (excludes halogenated alkanes) is 1. The van der Waals surface area contributed by atoms with Crippen LogP contribution in [-0.4, -0.2) is 62.8 Å². The summed E-state index contributed by atoms with van der Waals surface area (Å²) in [5.74, 6) is 0. The quantitative estimate of drug-likeness (QED) is 0.767. The molecule has 0 saturated carbocycles. The summed E-state index contributed by atoms with van der Waals surface area (Å²) in [5, 5.41) is 7.00. The molecular formula is C12H32N2O. The zero-order valence-electron chi connectivity index (χ0n) is 11.9. The first-order valence-corrected chi connectivity index (χ1v) is 5.86. The molecule has 3 nitrogen and oxygen atoms in total. The Morgan fingerprint density at radius 2 is 1.20 bits per heavy atom. The summed E-state index contributed by atoms with van der Waals surface area (Å²) in [6.07, 6.45) is 2.64. The minimum atomic E-state index is 1.00. The van der Waals surface area contributed by atoms with Crippen molar-refractivity contribution in [2.24, 2.45) is 0 Å². The van der Waals surface area contributed by atoms with Gasteiger partial charge in [-0.2, -0.15) is 0 Å².